The van der Waals surface area contributed by atoms with Gasteiger partial charge < -0.3 is 15.4 Å². The zero-order chi connectivity index (χ0) is 11.3. The Labute approximate surface area is 91.8 Å². The lowest BCUT2D eigenvalue weighted by Crippen LogP contribution is -2.53. The predicted molar refractivity (Wildman–Crippen MR) is 59.7 cm³/mol. The number of piperidine rings is 1. The molecule has 88 valence electrons. The van der Waals surface area contributed by atoms with Gasteiger partial charge in [0.1, 0.15) is 0 Å². The van der Waals surface area contributed by atoms with Gasteiger partial charge in [-0.2, -0.15) is 0 Å². The molecule has 1 saturated heterocycles. The van der Waals surface area contributed by atoms with Gasteiger partial charge in [-0.25, -0.2) is 0 Å². The first-order valence-corrected chi connectivity index (χ1v) is 5.57. The SMILES string of the molecule is COC(=O)CCNC1CCNCC1(C)C. The fourth-order valence-electron chi connectivity index (χ4n) is 2.00. The maximum absolute atomic E-state index is 10.9. The normalized spacial score (nSPS) is 24.9. The zero-order valence-corrected chi connectivity index (χ0v) is 9.93. The number of methoxy groups -OCH3 is 1. The summed E-state index contributed by atoms with van der Waals surface area (Å²) in [5.41, 5.74) is 0.258. The Balaban J connectivity index is 2.27. The van der Waals surface area contributed by atoms with E-state index >= 15 is 0 Å². The summed E-state index contributed by atoms with van der Waals surface area (Å²) < 4.78 is 4.60. The van der Waals surface area contributed by atoms with E-state index in [1.54, 1.807) is 0 Å². The standard InChI is InChI=1S/C11H22N2O2/c1-11(2)8-12-6-4-9(11)13-7-5-10(14)15-3/h9,12-13H,4-8H2,1-3H3. The summed E-state index contributed by atoms with van der Waals surface area (Å²) >= 11 is 0. The van der Waals surface area contributed by atoms with Crippen molar-refractivity contribution in [3.8, 4) is 0 Å². The fourth-order valence-corrected chi connectivity index (χ4v) is 2.00. The van der Waals surface area contributed by atoms with Crippen LogP contribution in [0.3, 0.4) is 0 Å². The van der Waals surface area contributed by atoms with E-state index in [9.17, 15) is 4.79 Å². The lowest BCUT2D eigenvalue weighted by atomic mass is 9.80. The second-order valence-corrected chi connectivity index (χ2v) is 4.79. The first-order chi connectivity index (χ1) is 7.06. The van der Waals surface area contributed by atoms with Gasteiger partial charge in [-0.05, 0) is 18.4 Å². The molecule has 0 saturated carbocycles. The van der Waals surface area contributed by atoms with Crippen LogP contribution in [-0.2, 0) is 9.53 Å². The van der Waals surface area contributed by atoms with Gasteiger partial charge in [-0.15, -0.1) is 0 Å². The van der Waals surface area contributed by atoms with Gasteiger partial charge in [0, 0.05) is 19.1 Å². The van der Waals surface area contributed by atoms with E-state index in [0.29, 0.717) is 19.0 Å². The topological polar surface area (TPSA) is 50.4 Å². The zero-order valence-electron chi connectivity index (χ0n) is 9.93. The Hall–Kier alpha value is -0.610. The molecule has 1 atom stereocenters. The maximum Gasteiger partial charge on any atom is 0.306 e. The summed E-state index contributed by atoms with van der Waals surface area (Å²) in [6.07, 6.45) is 1.57. The van der Waals surface area contributed by atoms with Gasteiger partial charge in [0.05, 0.1) is 13.5 Å². The molecule has 1 rings (SSSR count). The molecule has 1 aliphatic rings. The van der Waals surface area contributed by atoms with Crippen LogP contribution in [0.25, 0.3) is 0 Å². The number of esters is 1. The number of nitrogens with one attached hydrogen (secondary N) is 2. The Morgan fingerprint density at radius 3 is 2.93 bits per heavy atom. The first kappa shape index (κ1) is 12.5. The molecule has 0 aliphatic carbocycles. The Bertz CT molecular complexity index is 217. The average Bonchev–Trinajstić information content (AvgIpc) is 2.20. The molecule has 0 amide bonds. The molecule has 2 N–H and O–H groups in total. The Morgan fingerprint density at radius 2 is 2.33 bits per heavy atom. The minimum absolute atomic E-state index is 0.144. The van der Waals surface area contributed by atoms with E-state index in [0.717, 1.165) is 19.5 Å². The smallest absolute Gasteiger partial charge is 0.306 e. The van der Waals surface area contributed by atoms with Crippen LogP contribution in [-0.4, -0.2) is 38.8 Å². The van der Waals surface area contributed by atoms with Crippen LogP contribution < -0.4 is 10.6 Å². The molecule has 0 spiro atoms. The molecule has 4 heteroatoms. The lowest BCUT2D eigenvalue weighted by molar-refractivity contribution is -0.140. The van der Waals surface area contributed by atoms with Gasteiger partial charge in [-0.1, -0.05) is 13.8 Å². The van der Waals surface area contributed by atoms with Gasteiger partial charge in [0.25, 0.3) is 0 Å². The maximum atomic E-state index is 10.9. The largest absolute Gasteiger partial charge is 0.469 e. The van der Waals surface area contributed by atoms with Crippen molar-refractivity contribution in [3.05, 3.63) is 0 Å². The van der Waals surface area contributed by atoms with Crippen molar-refractivity contribution in [3.63, 3.8) is 0 Å². The summed E-state index contributed by atoms with van der Waals surface area (Å²) in [7, 11) is 1.43. The number of ether oxygens (including phenoxy) is 1. The van der Waals surface area contributed by atoms with Gasteiger partial charge in [-0.3, -0.25) is 4.79 Å². The van der Waals surface area contributed by atoms with Crippen LogP contribution in [0.2, 0.25) is 0 Å². The van der Waals surface area contributed by atoms with Crippen LogP contribution in [0, 0.1) is 5.41 Å². The molecule has 0 radical (unpaired) electrons. The number of carbonyl (C=O) groups is 1. The quantitative estimate of drug-likeness (QED) is 0.670. The molecule has 15 heavy (non-hydrogen) atoms. The highest BCUT2D eigenvalue weighted by Crippen LogP contribution is 2.24. The molecule has 0 aromatic rings. The minimum atomic E-state index is -0.144. The molecule has 1 fully saturated rings. The number of carbonyl (C=O) groups excluding carboxylic acids is 1. The van der Waals surface area contributed by atoms with Crippen LogP contribution in [0.15, 0.2) is 0 Å². The molecule has 1 aliphatic heterocycles. The molecule has 1 unspecified atom stereocenters. The molecule has 4 nitrogen and oxygen atoms in total. The molecular weight excluding hydrogens is 192 g/mol. The molecule has 1 heterocycles. The Morgan fingerprint density at radius 1 is 1.60 bits per heavy atom. The highest BCUT2D eigenvalue weighted by Gasteiger charge is 2.31. The van der Waals surface area contributed by atoms with E-state index in [4.69, 9.17) is 0 Å². The van der Waals surface area contributed by atoms with Crippen molar-refractivity contribution >= 4 is 5.97 Å². The van der Waals surface area contributed by atoms with E-state index in [2.05, 4.69) is 29.2 Å². The van der Waals surface area contributed by atoms with Crippen molar-refractivity contribution in [2.75, 3.05) is 26.7 Å². The molecule has 0 bridgehead atoms. The van der Waals surface area contributed by atoms with Crippen molar-refractivity contribution in [1.82, 2.24) is 10.6 Å². The summed E-state index contributed by atoms with van der Waals surface area (Å²) in [4.78, 5) is 10.9. The highest BCUT2D eigenvalue weighted by molar-refractivity contribution is 5.69. The number of rotatable bonds is 4. The number of hydrogen-bond donors (Lipinski definition) is 2. The first-order valence-electron chi connectivity index (χ1n) is 5.57. The molecule has 0 aromatic heterocycles. The molecular formula is C11H22N2O2. The second kappa shape index (κ2) is 5.47. The summed E-state index contributed by atoms with van der Waals surface area (Å²) in [5, 5.41) is 6.82. The van der Waals surface area contributed by atoms with Crippen molar-refractivity contribution < 1.29 is 9.53 Å². The third-order valence-electron chi connectivity index (χ3n) is 3.08. The third kappa shape index (κ3) is 3.80. The van der Waals surface area contributed by atoms with Crippen LogP contribution in [0.1, 0.15) is 26.7 Å². The monoisotopic (exact) mass is 214 g/mol. The summed E-state index contributed by atoms with van der Waals surface area (Å²) in [6.45, 7) is 7.28. The van der Waals surface area contributed by atoms with Gasteiger partial charge in [0.15, 0.2) is 0 Å². The van der Waals surface area contributed by atoms with Crippen molar-refractivity contribution in [2.45, 2.75) is 32.7 Å². The molecule has 0 aromatic carbocycles. The third-order valence-corrected chi connectivity index (χ3v) is 3.08. The lowest BCUT2D eigenvalue weighted by Gasteiger charge is -2.39. The van der Waals surface area contributed by atoms with Crippen LogP contribution in [0.5, 0.6) is 0 Å². The predicted octanol–water partition coefficient (Wildman–Crippen LogP) is 0.527. The van der Waals surface area contributed by atoms with Gasteiger partial charge in [0.2, 0.25) is 0 Å². The van der Waals surface area contributed by atoms with E-state index in [-0.39, 0.29) is 11.4 Å². The highest BCUT2D eigenvalue weighted by atomic mass is 16.5. The van der Waals surface area contributed by atoms with Crippen molar-refractivity contribution in [1.29, 1.82) is 0 Å². The number of hydrogen-bond acceptors (Lipinski definition) is 4. The van der Waals surface area contributed by atoms with Crippen molar-refractivity contribution in [2.24, 2.45) is 5.41 Å². The van der Waals surface area contributed by atoms with Crippen LogP contribution >= 0.6 is 0 Å². The fraction of sp³-hybridized carbons (Fsp3) is 0.909. The van der Waals surface area contributed by atoms with E-state index in [1.165, 1.54) is 7.11 Å². The second-order valence-electron chi connectivity index (χ2n) is 4.79. The Kier molecular flexibility index (Phi) is 4.54. The van der Waals surface area contributed by atoms with E-state index < -0.39 is 0 Å². The average molecular weight is 214 g/mol. The minimum Gasteiger partial charge on any atom is -0.469 e. The van der Waals surface area contributed by atoms with E-state index in [1.807, 2.05) is 0 Å². The van der Waals surface area contributed by atoms with Gasteiger partial charge >= 0.3 is 5.97 Å². The summed E-state index contributed by atoms with van der Waals surface area (Å²) in [5.74, 6) is -0.144. The van der Waals surface area contributed by atoms with Crippen LogP contribution in [0.4, 0.5) is 0 Å². The summed E-state index contributed by atoms with van der Waals surface area (Å²) in [6, 6.07) is 0.489.